The van der Waals surface area contributed by atoms with Gasteiger partial charge in [0.1, 0.15) is 11.5 Å². The Balaban J connectivity index is 1.89. The largest absolute Gasteiger partial charge is 0.467 e. The van der Waals surface area contributed by atoms with E-state index in [1.807, 2.05) is 0 Å². The van der Waals surface area contributed by atoms with Crippen molar-refractivity contribution in [3.05, 3.63) is 28.8 Å². The maximum atomic E-state index is 11.9. The Hall–Kier alpha value is -1.35. The lowest BCUT2D eigenvalue weighted by atomic mass is 9.71. The van der Waals surface area contributed by atoms with Crippen LogP contribution >= 0.6 is 0 Å². The summed E-state index contributed by atoms with van der Waals surface area (Å²) in [6.45, 7) is 2.49. The van der Waals surface area contributed by atoms with Gasteiger partial charge in [-0.25, -0.2) is 0 Å². The predicted octanol–water partition coefficient (Wildman–Crippen LogP) is 4.80. The van der Waals surface area contributed by atoms with Crippen LogP contribution < -0.4 is 4.74 Å². The Labute approximate surface area is 145 Å². The van der Waals surface area contributed by atoms with Crippen molar-refractivity contribution in [3.8, 4) is 5.75 Å². The average molecular weight is 330 g/mol. The molecule has 1 fully saturated rings. The number of rotatable bonds is 4. The lowest BCUT2D eigenvalue weighted by Crippen LogP contribution is -2.21. The maximum absolute atomic E-state index is 11.9. The molecule has 24 heavy (non-hydrogen) atoms. The molecule has 0 bridgehead atoms. The van der Waals surface area contributed by atoms with Gasteiger partial charge in [0, 0.05) is 20.0 Å². The molecule has 2 atom stereocenters. The summed E-state index contributed by atoms with van der Waals surface area (Å²) in [7, 11) is 1.66. The molecule has 3 rings (SSSR count). The number of hydrogen-bond acceptors (Lipinski definition) is 3. The predicted molar refractivity (Wildman–Crippen MR) is 95.6 cm³/mol. The molecule has 3 nitrogen and oxygen atoms in total. The third kappa shape index (κ3) is 3.83. The number of aryl methyl sites for hydroxylation is 2. The molecular weight excluding hydrogens is 300 g/mol. The van der Waals surface area contributed by atoms with Crippen molar-refractivity contribution in [2.24, 2.45) is 5.92 Å². The summed E-state index contributed by atoms with van der Waals surface area (Å²) in [4.78, 5) is 11.9. The van der Waals surface area contributed by atoms with Crippen LogP contribution in [0.15, 0.2) is 12.1 Å². The molecule has 0 aromatic heterocycles. The zero-order chi connectivity index (χ0) is 16.9. The number of hydrogen-bond donors (Lipinski definition) is 0. The van der Waals surface area contributed by atoms with E-state index in [2.05, 4.69) is 19.1 Å². The molecule has 0 N–H and O–H groups in total. The van der Waals surface area contributed by atoms with Crippen LogP contribution in [-0.2, 0) is 22.4 Å². The van der Waals surface area contributed by atoms with Gasteiger partial charge in [-0.3, -0.25) is 4.79 Å². The standard InChI is InChI=1S/C21H30O3/c1-3-15-12-20-17(13-21(15)24-14-23-2)11-10-16-6-4-7-18(22)8-5-9-19(16)20/h12-13,16,19H,3-11,14H2,1-2H3. The lowest BCUT2D eigenvalue weighted by molar-refractivity contribution is -0.119. The SMILES string of the molecule is CCc1cc2c(cc1OCOC)CCC1CCCC(=O)CCCC21. The van der Waals surface area contributed by atoms with E-state index in [-0.39, 0.29) is 0 Å². The van der Waals surface area contributed by atoms with Crippen molar-refractivity contribution < 1.29 is 14.3 Å². The van der Waals surface area contributed by atoms with Crippen molar-refractivity contribution in [2.75, 3.05) is 13.9 Å². The van der Waals surface area contributed by atoms with Gasteiger partial charge in [-0.2, -0.15) is 0 Å². The second-order valence-corrected chi connectivity index (χ2v) is 7.29. The van der Waals surface area contributed by atoms with Gasteiger partial charge in [0.15, 0.2) is 6.79 Å². The zero-order valence-corrected chi connectivity index (χ0v) is 15.1. The Bertz CT molecular complexity index is 579. The van der Waals surface area contributed by atoms with Crippen LogP contribution in [0, 0.1) is 5.92 Å². The van der Waals surface area contributed by atoms with E-state index in [0.29, 0.717) is 18.5 Å². The summed E-state index contributed by atoms with van der Waals surface area (Å²) >= 11 is 0. The molecule has 1 aromatic carbocycles. The molecule has 0 aliphatic heterocycles. The minimum Gasteiger partial charge on any atom is -0.467 e. The van der Waals surface area contributed by atoms with E-state index in [4.69, 9.17) is 9.47 Å². The summed E-state index contributed by atoms with van der Waals surface area (Å²) < 4.78 is 10.9. The van der Waals surface area contributed by atoms with Crippen LogP contribution in [0.2, 0.25) is 0 Å². The molecule has 3 heteroatoms. The van der Waals surface area contributed by atoms with Crippen LogP contribution in [-0.4, -0.2) is 19.7 Å². The first-order valence-corrected chi connectivity index (χ1v) is 9.52. The third-order valence-electron chi connectivity index (χ3n) is 5.79. The number of Topliss-reactive ketones (excluding diaryl/α,β-unsaturated/α-hetero) is 1. The van der Waals surface area contributed by atoms with Gasteiger partial charge >= 0.3 is 0 Å². The molecule has 2 aliphatic carbocycles. The van der Waals surface area contributed by atoms with Crippen molar-refractivity contribution in [1.82, 2.24) is 0 Å². The van der Waals surface area contributed by atoms with Gasteiger partial charge in [0.2, 0.25) is 0 Å². The number of methoxy groups -OCH3 is 1. The fraction of sp³-hybridized carbons (Fsp3) is 0.667. The third-order valence-corrected chi connectivity index (χ3v) is 5.79. The van der Waals surface area contributed by atoms with E-state index in [9.17, 15) is 4.79 Å². The number of ether oxygens (including phenoxy) is 2. The van der Waals surface area contributed by atoms with E-state index in [0.717, 1.165) is 56.6 Å². The van der Waals surface area contributed by atoms with E-state index >= 15 is 0 Å². The summed E-state index contributed by atoms with van der Waals surface area (Å²) in [5.74, 6) is 2.82. The quantitative estimate of drug-likeness (QED) is 0.744. The second-order valence-electron chi connectivity index (χ2n) is 7.29. The molecule has 0 radical (unpaired) electrons. The first-order valence-electron chi connectivity index (χ1n) is 9.52. The van der Waals surface area contributed by atoms with Crippen molar-refractivity contribution in [1.29, 1.82) is 0 Å². The monoisotopic (exact) mass is 330 g/mol. The molecule has 2 unspecified atom stereocenters. The fourth-order valence-corrected chi connectivity index (χ4v) is 4.52. The second kappa shape index (κ2) is 8.15. The highest BCUT2D eigenvalue weighted by atomic mass is 16.7. The minimum absolute atomic E-state index is 0.306. The van der Waals surface area contributed by atoms with Crippen LogP contribution in [0.3, 0.4) is 0 Å². The Morgan fingerprint density at radius 2 is 1.88 bits per heavy atom. The van der Waals surface area contributed by atoms with Crippen molar-refractivity contribution >= 4 is 5.78 Å². The van der Waals surface area contributed by atoms with E-state index in [1.165, 1.54) is 29.5 Å². The maximum Gasteiger partial charge on any atom is 0.188 e. The number of benzene rings is 1. The normalized spacial score (nSPS) is 24.3. The Morgan fingerprint density at radius 1 is 1.08 bits per heavy atom. The first-order chi connectivity index (χ1) is 11.7. The number of fused-ring (bicyclic) bond motifs is 3. The molecule has 1 aromatic rings. The van der Waals surface area contributed by atoms with Crippen LogP contribution in [0.1, 0.15) is 74.5 Å². The summed E-state index contributed by atoms with van der Waals surface area (Å²) in [5.41, 5.74) is 4.26. The van der Waals surface area contributed by atoms with Gasteiger partial charge in [0.05, 0.1) is 0 Å². The van der Waals surface area contributed by atoms with Gasteiger partial charge in [0.25, 0.3) is 0 Å². The Kier molecular flexibility index (Phi) is 5.94. The van der Waals surface area contributed by atoms with Gasteiger partial charge < -0.3 is 9.47 Å². The Morgan fingerprint density at radius 3 is 2.62 bits per heavy atom. The highest BCUT2D eigenvalue weighted by Gasteiger charge is 2.31. The molecule has 1 saturated carbocycles. The highest BCUT2D eigenvalue weighted by Crippen LogP contribution is 2.44. The molecule has 2 aliphatic rings. The van der Waals surface area contributed by atoms with Crippen molar-refractivity contribution in [3.63, 3.8) is 0 Å². The summed E-state index contributed by atoms with van der Waals surface area (Å²) in [5, 5.41) is 0. The van der Waals surface area contributed by atoms with Crippen LogP contribution in [0.5, 0.6) is 5.75 Å². The van der Waals surface area contributed by atoms with Gasteiger partial charge in [-0.1, -0.05) is 13.0 Å². The molecule has 0 heterocycles. The fourth-order valence-electron chi connectivity index (χ4n) is 4.52. The lowest BCUT2D eigenvalue weighted by Gasteiger charge is -2.34. The number of carbonyl (C=O) groups is 1. The van der Waals surface area contributed by atoms with E-state index < -0.39 is 0 Å². The highest BCUT2D eigenvalue weighted by molar-refractivity contribution is 5.78. The van der Waals surface area contributed by atoms with Crippen molar-refractivity contribution in [2.45, 2.75) is 70.6 Å². The number of carbonyl (C=O) groups excluding carboxylic acids is 1. The molecular formula is C21H30O3. The molecule has 0 spiro atoms. The summed E-state index contributed by atoms with van der Waals surface area (Å²) in [6.07, 6.45) is 9.41. The van der Waals surface area contributed by atoms with Crippen LogP contribution in [0.4, 0.5) is 0 Å². The average Bonchev–Trinajstić information content (AvgIpc) is 2.69. The van der Waals surface area contributed by atoms with Gasteiger partial charge in [-0.15, -0.1) is 0 Å². The molecule has 0 saturated heterocycles. The molecule has 0 amide bonds. The number of ketones is 1. The summed E-state index contributed by atoms with van der Waals surface area (Å²) in [6, 6.07) is 4.64. The van der Waals surface area contributed by atoms with Crippen LogP contribution in [0.25, 0.3) is 0 Å². The zero-order valence-electron chi connectivity index (χ0n) is 15.1. The molecule has 132 valence electrons. The smallest absolute Gasteiger partial charge is 0.188 e. The minimum atomic E-state index is 0.306. The first kappa shape index (κ1) is 17.5. The van der Waals surface area contributed by atoms with Gasteiger partial charge in [-0.05, 0) is 79.5 Å². The topological polar surface area (TPSA) is 35.5 Å². The van der Waals surface area contributed by atoms with E-state index in [1.54, 1.807) is 7.11 Å².